The number of carbonyl (C=O) groups excluding carboxylic acids is 3. The molecule has 0 radical (unpaired) electrons. The Balaban J connectivity index is 1.89. The van der Waals surface area contributed by atoms with Crippen molar-refractivity contribution in [3.05, 3.63) is 75.7 Å². The van der Waals surface area contributed by atoms with E-state index < -0.39 is 11.9 Å². The molecule has 0 aliphatic carbocycles. The quantitative estimate of drug-likeness (QED) is 0.489. The number of hydrogen-bond donors (Lipinski definition) is 2. The molecule has 0 aliphatic rings. The number of ether oxygens (including phenoxy) is 2. The summed E-state index contributed by atoms with van der Waals surface area (Å²) in [5.74, 6) is -0.683. The summed E-state index contributed by atoms with van der Waals surface area (Å²) in [6, 6.07) is 14.1. The lowest BCUT2D eigenvalue weighted by atomic mass is 10.1. The number of amides is 2. The monoisotopic (exact) mass is 452 g/mol. The zero-order valence-corrected chi connectivity index (χ0v) is 19.1. The van der Waals surface area contributed by atoms with Crippen LogP contribution in [0.25, 0.3) is 0 Å². The fraction of sp³-hybridized carbons (Fsp3) is 0.208. The van der Waals surface area contributed by atoms with Gasteiger partial charge in [-0.05, 0) is 62.2 Å². The predicted molar refractivity (Wildman–Crippen MR) is 125 cm³/mol. The van der Waals surface area contributed by atoms with Gasteiger partial charge in [-0.3, -0.25) is 9.59 Å². The molecule has 0 unspecified atom stereocenters. The number of nitrogens with one attached hydrogen (secondary N) is 2. The fourth-order valence-electron chi connectivity index (χ4n) is 3.15. The zero-order valence-electron chi connectivity index (χ0n) is 18.3. The van der Waals surface area contributed by atoms with Crippen LogP contribution in [-0.2, 0) is 4.74 Å². The molecule has 1 heterocycles. The Bertz CT molecular complexity index is 1150. The number of benzene rings is 2. The van der Waals surface area contributed by atoms with Gasteiger partial charge in [-0.15, -0.1) is 11.3 Å². The van der Waals surface area contributed by atoms with Gasteiger partial charge >= 0.3 is 5.97 Å². The molecular weight excluding hydrogens is 428 g/mol. The van der Waals surface area contributed by atoms with Gasteiger partial charge in [0.1, 0.15) is 10.8 Å². The Labute approximate surface area is 190 Å². The molecule has 0 fully saturated rings. The molecule has 32 heavy (non-hydrogen) atoms. The maximum atomic E-state index is 12.9. The molecule has 2 N–H and O–H groups in total. The van der Waals surface area contributed by atoms with Crippen molar-refractivity contribution in [3.63, 3.8) is 0 Å². The number of anilines is 2. The molecule has 0 saturated carbocycles. The number of rotatable bonds is 7. The van der Waals surface area contributed by atoms with Crippen molar-refractivity contribution >= 4 is 39.8 Å². The topological polar surface area (TPSA) is 93.7 Å². The highest BCUT2D eigenvalue weighted by Gasteiger charge is 2.27. The second-order valence-electron chi connectivity index (χ2n) is 6.93. The van der Waals surface area contributed by atoms with Crippen LogP contribution in [-0.4, -0.2) is 31.5 Å². The Morgan fingerprint density at radius 2 is 1.62 bits per heavy atom. The lowest BCUT2D eigenvalue weighted by Crippen LogP contribution is -2.15. The minimum Gasteiger partial charge on any atom is -0.494 e. The molecular formula is C24H24N2O5S. The third-order valence-corrected chi connectivity index (χ3v) is 5.99. The second-order valence-corrected chi connectivity index (χ2v) is 7.95. The van der Waals surface area contributed by atoms with E-state index in [1.807, 2.05) is 26.0 Å². The van der Waals surface area contributed by atoms with Crippen LogP contribution in [0.2, 0.25) is 0 Å². The van der Waals surface area contributed by atoms with Crippen molar-refractivity contribution in [2.24, 2.45) is 0 Å². The average Bonchev–Trinajstić information content (AvgIpc) is 3.10. The minimum atomic E-state index is -0.626. The van der Waals surface area contributed by atoms with Crippen LogP contribution in [0.15, 0.2) is 48.5 Å². The molecule has 0 aliphatic heterocycles. The number of aryl methyl sites for hydroxylation is 1. The highest BCUT2D eigenvalue weighted by Crippen LogP contribution is 2.35. The van der Waals surface area contributed by atoms with Crippen LogP contribution in [0.3, 0.4) is 0 Å². The highest BCUT2D eigenvalue weighted by atomic mass is 32.1. The molecule has 3 rings (SSSR count). The number of thiophene rings is 1. The largest absolute Gasteiger partial charge is 0.494 e. The van der Waals surface area contributed by atoms with E-state index in [9.17, 15) is 14.4 Å². The van der Waals surface area contributed by atoms with Gasteiger partial charge in [0.15, 0.2) is 0 Å². The molecule has 3 aromatic rings. The van der Waals surface area contributed by atoms with E-state index in [2.05, 4.69) is 10.6 Å². The Hall–Kier alpha value is -3.65. The summed E-state index contributed by atoms with van der Waals surface area (Å²) in [6.45, 7) is 5.92. The number of methoxy groups -OCH3 is 1. The van der Waals surface area contributed by atoms with Crippen LogP contribution in [0, 0.1) is 13.8 Å². The summed E-state index contributed by atoms with van der Waals surface area (Å²) in [7, 11) is 1.26. The zero-order chi connectivity index (χ0) is 23.3. The third kappa shape index (κ3) is 4.97. The molecule has 0 atom stereocenters. The lowest BCUT2D eigenvalue weighted by molar-refractivity contribution is 0.0601. The van der Waals surface area contributed by atoms with Gasteiger partial charge in [-0.2, -0.15) is 0 Å². The van der Waals surface area contributed by atoms with Crippen molar-refractivity contribution in [2.75, 3.05) is 24.4 Å². The Morgan fingerprint density at radius 3 is 2.25 bits per heavy atom. The maximum absolute atomic E-state index is 12.9. The Morgan fingerprint density at radius 1 is 0.938 bits per heavy atom. The van der Waals surface area contributed by atoms with E-state index in [1.165, 1.54) is 7.11 Å². The molecule has 166 valence electrons. The summed E-state index contributed by atoms with van der Waals surface area (Å²) in [5.41, 5.74) is 2.46. The van der Waals surface area contributed by atoms with Crippen LogP contribution in [0.1, 0.15) is 48.4 Å². The highest BCUT2D eigenvalue weighted by molar-refractivity contribution is 7.19. The molecule has 2 amide bonds. The van der Waals surface area contributed by atoms with E-state index >= 15 is 0 Å². The first-order valence-corrected chi connectivity index (χ1v) is 10.8. The van der Waals surface area contributed by atoms with Crippen LogP contribution in [0.5, 0.6) is 5.75 Å². The standard InChI is InChI=1S/C24H24N2O5S/c1-5-31-17-12-10-16(11-13-17)25-22(28)20-15(3)19(24(29)30-4)23(32-20)26-21(27)18-9-7-6-8-14(18)2/h6-13H,5H2,1-4H3,(H,25,28)(H,26,27). The maximum Gasteiger partial charge on any atom is 0.341 e. The van der Waals surface area contributed by atoms with Crippen molar-refractivity contribution in [3.8, 4) is 5.75 Å². The third-order valence-electron chi connectivity index (χ3n) is 4.78. The summed E-state index contributed by atoms with van der Waals surface area (Å²) < 4.78 is 10.3. The van der Waals surface area contributed by atoms with Crippen LogP contribution in [0.4, 0.5) is 10.7 Å². The summed E-state index contributed by atoms with van der Waals surface area (Å²) in [6.07, 6.45) is 0. The van der Waals surface area contributed by atoms with Crippen molar-refractivity contribution in [2.45, 2.75) is 20.8 Å². The molecule has 2 aromatic carbocycles. The van der Waals surface area contributed by atoms with Gasteiger partial charge in [-0.25, -0.2) is 4.79 Å². The Kier molecular flexibility index (Phi) is 7.27. The number of hydrogen-bond acceptors (Lipinski definition) is 6. The van der Waals surface area contributed by atoms with E-state index in [-0.39, 0.29) is 16.5 Å². The lowest BCUT2D eigenvalue weighted by Gasteiger charge is -2.08. The molecule has 8 heteroatoms. The second kappa shape index (κ2) is 10.1. The first-order valence-electron chi connectivity index (χ1n) is 9.98. The van der Waals surface area contributed by atoms with E-state index in [0.29, 0.717) is 34.0 Å². The predicted octanol–water partition coefficient (Wildman–Crippen LogP) is 5.05. The molecule has 0 saturated heterocycles. The fourth-order valence-corrected chi connectivity index (χ4v) is 4.24. The van der Waals surface area contributed by atoms with Crippen molar-refractivity contribution in [1.29, 1.82) is 0 Å². The van der Waals surface area contributed by atoms with Gasteiger partial charge in [0.25, 0.3) is 11.8 Å². The van der Waals surface area contributed by atoms with Crippen molar-refractivity contribution in [1.82, 2.24) is 0 Å². The van der Waals surface area contributed by atoms with Gasteiger partial charge in [0.05, 0.1) is 24.2 Å². The first kappa shape index (κ1) is 23.0. The minimum absolute atomic E-state index is 0.163. The summed E-state index contributed by atoms with van der Waals surface area (Å²) >= 11 is 1.03. The molecule has 1 aromatic heterocycles. The molecule has 0 bridgehead atoms. The van der Waals surface area contributed by atoms with E-state index in [1.54, 1.807) is 43.3 Å². The van der Waals surface area contributed by atoms with Gasteiger partial charge in [-0.1, -0.05) is 18.2 Å². The smallest absolute Gasteiger partial charge is 0.341 e. The van der Waals surface area contributed by atoms with E-state index in [0.717, 1.165) is 16.9 Å². The normalized spacial score (nSPS) is 10.4. The van der Waals surface area contributed by atoms with Crippen LogP contribution < -0.4 is 15.4 Å². The molecule has 0 spiro atoms. The average molecular weight is 453 g/mol. The van der Waals surface area contributed by atoms with E-state index in [4.69, 9.17) is 9.47 Å². The van der Waals surface area contributed by atoms with Crippen LogP contribution >= 0.6 is 11.3 Å². The molecule has 7 nitrogen and oxygen atoms in total. The van der Waals surface area contributed by atoms with Gasteiger partial charge in [0.2, 0.25) is 0 Å². The SMILES string of the molecule is CCOc1ccc(NC(=O)c2sc(NC(=O)c3ccccc3C)c(C(=O)OC)c2C)cc1. The number of carbonyl (C=O) groups is 3. The van der Waals surface area contributed by atoms with Gasteiger partial charge in [0, 0.05) is 11.3 Å². The van der Waals surface area contributed by atoms with Gasteiger partial charge < -0.3 is 20.1 Å². The number of esters is 1. The summed E-state index contributed by atoms with van der Waals surface area (Å²) in [4.78, 5) is 38.5. The van der Waals surface area contributed by atoms with Crippen molar-refractivity contribution < 1.29 is 23.9 Å². The summed E-state index contributed by atoms with van der Waals surface area (Å²) in [5, 5.41) is 5.84. The first-order chi connectivity index (χ1) is 15.3.